The molecular weight excluding hydrogens is 168 g/mol. The lowest BCUT2D eigenvalue weighted by atomic mass is 10.0. The molecule has 1 aromatic rings. The molecule has 0 fully saturated rings. The van der Waals surface area contributed by atoms with Crippen LogP contribution in [-0.2, 0) is 17.6 Å². The number of rotatable bonds is 2. The highest BCUT2D eigenvalue weighted by Gasteiger charge is 2.32. The Kier molecular flexibility index (Phi) is 1.83. The van der Waals surface area contributed by atoms with E-state index in [1.165, 1.54) is 0 Å². The van der Waals surface area contributed by atoms with E-state index in [1.807, 2.05) is 6.92 Å². The minimum absolute atomic E-state index is 0.330. The third-order valence-electron chi connectivity index (χ3n) is 2.63. The smallest absolute Gasteiger partial charge is 0.311 e. The van der Waals surface area contributed by atoms with Gasteiger partial charge >= 0.3 is 5.97 Å². The molecule has 1 aliphatic carbocycles. The lowest BCUT2D eigenvalue weighted by molar-refractivity contribution is -0.138. The molecule has 2 N–H and O–H groups in total. The van der Waals surface area contributed by atoms with Gasteiger partial charge in [-0.3, -0.25) is 9.89 Å². The molecule has 4 heteroatoms. The Morgan fingerprint density at radius 1 is 1.77 bits per heavy atom. The highest BCUT2D eigenvalue weighted by atomic mass is 16.4. The number of aromatic nitrogens is 2. The molecule has 0 bridgehead atoms. The van der Waals surface area contributed by atoms with Crippen molar-refractivity contribution >= 4 is 5.97 Å². The SMILES string of the molecule is CCc1n[nH]c2c1C(C(=O)O)CC2. The Morgan fingerprint density at radius 2 is 2.54 bits per heavy atom. The Balaban J connectivity index is 2.43. The zero-order valence-electron chi connectivity index (χ0n) is 7.50. The molecule has 0 radical (unpaired) electrons. The van der Waals surface area contributed by atoms with Crippen LogP contribution in [0.2, 0.25) is 0 Å². The highest BCUT2D eigenvalue weighted by Crippen LogP contribution is 2.34. The number of fused-ring (bicyclic) bond motifs is 1. The van der Waals surface area contributed by atoms with Crippen LogP contribution in [0.1, 0.15) is 36.2 Å². The van der Waals surface area contributed by atoms with Crippen molar-refractivity contribution in [2.75, 3.05) is 0 Å². The fourth-order valence-electron chi connectivity index (χ4n) is 1.98. The predicted molar refractivity (Wildman–Crippen MR) is 46.7 cm³/mol. The summed E-state index contributed by atoms with van der Waals surface area (Å²) in [6.45, 7) is 1.99. The molecule has 1 unspecified atom stereocenters. The van der Waals surface area contributed by atoms with Crippen molar-refractivity contribution in [3.63, 3.8) is 0 Å². The molecule has 0 saturated heterocycles. The van der Waals surface area contributed by atoms with Crippen LogP contribution in [0.5, 0.6) is 0 Å². The molecule has 0 aromatic carbocycles. The summed E-state index contributed by atoms with van der Waals surface area (Å²) in [7, 11) is 0. The quantitative estimate of drug-likeness (QED) is 0.715. The number of nitrogens with one attached hydrogen (secondary N) is 1. The molecule has 4 nitrogen and oxygen atoms in total. The third-order valence-corrected chi connectivity index (χ3v) is 2.63. The predicted octanol–water partition coefficient (Wildman–Crippen LogP) is 1.09. The molecule has 13 heavy (non-hydrogen) atoms. The summed E-state index contributed by atoms with van der Waals surface area (Å²) in [5.74, 6) is -1.06. The molecule has 1 heterocycles. The second-order valence-corrected chi connectivity index (χ2v) is 3.35. The van der Waals surface area contributed by atoms with Gasteiger partial charge < -0.3 is 5.11 Å². The number of hydrogen-bond donors (Lipinski definition) is 2. The van der Waals surface area contributed by atoms with Crippen LogP contribution < -0.4 is 0 Å². The highest BCUT2D eigenvalue weighted by molar-refractivity contribution is 5.78. The molecule has 1 aliphatic rings. The number of carboxylic acids is 1. The van der Waals surface area contributed by atoms with E-state index in [9.17, 15) is 4.79 Å². The van der Waals surface area contributed by atoms with Gasteiger partial charge in [0.15, 0.2) is 0 Å². The van der Waals surface area contributed by atoms with E-state index < -0.39 is 5.97 Å². The summed E-state index contributed by atoms with van der Waals surface area (Å²) in [5, 5.41) is 16.0. The topological polar surface area (TPSA) is 66.0 Å². The van der Waals surface area contributed by atoms with Crippen molar-refractivity contribution in [2.24, 2.45) is 0 Å². The maximum atomic E-state index is 10.9. The minimum Gasteiger partial charge on any atom is -0.481 e. The molecule has 1 aromatic heterocycles. The van der Waals surface area contributed by atoms with Gasteiger partial charge in [-0.25, -0.2) is 0 Å². The monoisotopic (exact) mass is 180 g/mol. The first-order valence-corrected chi connectivity index (χ1v) is 4.52. The largest absolute Gasteiger partial charge is 0.481 e. The van der Waals surface area contributed by atoms with Crippen LogP contribution in [0.15, 0.2) is 0 Å². The second-order valence-electron chi connectivity index (χ2n) is 3.35. The van der Waals surface area contributed by atoms with Crippen molar-refractivity contribution in [3.05, 3.63) is 17.0 Å². The summed E-state index contributed by atoms with van der Waals surface area (Å²) in [4.78, 5) is 10.9. The van der Waals surface area contributed by atoms with Crippen molar-refractivity contribution in [3.8, 4) is 0 Å². The van der Waals surface area contributed by atoms with E-state index >= 15 is 0 Å². The number of aromatic amines is 1. The summed E-state index contributed by atoms with van der Waals surface area (Å²) < 4.78 is 0. The van der Waals surface area contributed by atoms with Crippen molar-refractivity contribution in [1.29, 1.82) is 0 Å². The third kappa shape index (κ3) is 1.13. The average molecular weight is 180 g/mol. The molecule has 1 atom stereocenters. The lowest BCUT2D eigenvalue weighted by Crippen LogP contribution is -2.09. The van der Waals surface area contributed by atoms with Crippen LogP contribution in [0.4, 0.5) is 0 Å². The summed E-state index contributed by atoms with van der Waals surface area (Å²) in [5.41, 5.74) is 2.87. The standard InChI is InChI=1S/C9H12N2O2/c1-2-6-8-5(9(12)13)3-4-7(8)11-10-6/h5H,2-4H2,1H3,(H,10,11)(H,12,13). The van der Waals surface area contributed by atoms with E-state index in [0.717, 1.165) is 29.8 Å². The van der Waals surface area contributed by atoms with Crippen LogP contribution in [0, 0.1) is 0 Å². The Morgan fingerprint density at radius 3 is 3.15 bits per heavy atom. The molecule has 2 rings (SSSR count). The van der Waals surface area contributed by atoms with Crippen LogP contribution in [-0.4, -0.2) is 21.3 Å². The van der Waals surface area contributed by atoms with Gasteiger partial charge in [-0.2, -0.15) is 5.10 Å². The van der Waals surface area contributed by atoms with Gasteiger partial charge in [0, 0.05) is 11.3 Å². The normalized spacial score (nSPS) is 20.2. The molecule has 0 aliphatic heterocycles. The van der Waals surface area contributed by atoms with Gasteiger partial charge in [0.25, 0.3) is 0 Å². The number of carbonyl (C=O) groups is 1. The molecular formula is C9H12N2O2. The fraction of sp³-hybridized carbons (Fsp3) is 0.556. The summed E-state index contributed by atoms with van der Waals surface area (Å²) >= 11 is 0. The second kappa shape index (κ2) is 2.87. The van der Waals surface area contributed by atoms with Crippen molar-refractivity contribution in [1.82, 2.24) is 10.2 Å². The van der Waals surface area contributed by atoms with Crippen molar-refractivity contribution in [2.45, 2.75) is 32.1 Å². The van der Waals surface area contributed by atoms with Gasteiger partial charge in [-0.15, -0.1) is 0 Å². The number of H-pyrrole nitrogens is 1. The Labute approximate surface area is 76.0 Å². The maximum Gasteiger partial charge on any atom is 0.311 e. The van der Waals surface area contributed by atoms with Crippen LogP contribution in [0.3, 0.4) is 0 Å². The zero-order chi connectivity index (χ0) is 9.42. The Bertz CT molecular complexity index is 343. The van der Waals surface area contributed by atoms with Gasteiger partial charge in [-0.1, -0.05) is 6.92 Å². The van der Waals surface area contributed by atoms with Crippen LogP contribution >= 0.6 is 0 Å². The molecule has 0 amide bonds. The number of aliphatic carboxylic acids is 1. The van der Waals surface area contributed by atoms with E-state index in [1.54, 1.807) is 0 Å². The van der Waals surface area contributed by atoms with E-state index in [2.05, 4.69) is 10.2 Å². The number of hydrogen-bond acceptors (Lipinski definition) is 2. The lowest BCUT2D eigenvalue weighted by Gasteiger charge is -2.04. The molecule has 0 saturated carbocycles. The first-order chi connectivity index (χ1) is 6.24. The first kappa shape index (κ1) is 8.29. The maximum absolute atomic E-state index is 10.9. The molecule has 0 spiro atoms. The average Bonchev–Trinajstić information content (AvgIpc) is 2.61. The minimum atomic E-state index is -0.727. The Hall–Kier alpha value is -1.32. The van der Waals surface area contributed by atoms with Crippen LogP contribution in [0.25, 0.3) is 0 Å². The summed E-state index contributed by atoms with van der Waals surface area (Å²) in [6, 6.07) is 0. The van der Waals surface area contributed by atoms with Gasteiger partial charge in [0.05, 0.1) is 11.6 Å². The zero-order valence-corrected chi connectivity index (χ0v) is 7.50. The number of aryl methyl sites for hydroxylation is 2. The fourth-order valence-corrected chi connectivity index (χ4v) is 1.98. The van der Waals surface area contributed by atoms with Gasteiger partial charge in [0.2, 0.25) is 0 Å². The van der Waals surface area contributed by atoms with Crippen molar-refractivity contribution < 1.29 is 9.90 Å². The first-order valence-electron chi connectivity index (χ1n) is 4.52. The van der Waals surface area contributed by atoms with Gasteiger partial charge in [-0.05, 0) is 19.3 Å². The molecule has 70 valence electrons. The van der Waals surface area contributed by atoms with E-state index in [4.69, 9.17) is 5.11 Å². The van der Waals surface area contributed by atoms with E-state index in [-0.39, 0.29) is 5.92 Å². The number of carboxylic acid groups (broad SMARTS) is 1. The van der Waals surface area contributed by atoms with E-state index in [0.29, 0.717) is 6.42 Å². The summed E-state index contributed by atoms with van der Waals surface area (Å²) in [6.07, 6.45) is 2.33. The number of nitrogens with zero attached hydrogens (tertiary/aromatic N) is 1. The van der Waals surface area contributed by atoms with Gasteiger partial charge in [0.1, 0.15) is 0 Å².